The molecule has 1 aliphatic heterocycles. The number of nitrogens with one attached hydrogen (secondary N) is 1. The fourth-order valence-electron chi connectivity index (χ4n) is 3.40. The molecule has 10 heteroatoms. The number of sulfonamides is 1. The number of nitriles is 1. The Morgan fingerprint density at radius 1 is 1.03 bits per heavy atom. The second-order valence-corrected chi connectivity index (χ2v) is 8.64. The fourth-order valence-corrected chi connectivity index (χ4v) is 4.45. The maximum absolute atomic E-state index is 14.6. The third kappa shape index (κ3) is 3.76. The van der Waals surface area contributed by atoms with E-state index in [1.54, 1.807) is 4.57 Å². The van der Waals surface area contributed by atoms with Crippen LogP contribution >= 0.6 is 0 Å². The van der Waals surface area contributed by atoms with E-state index in [0.717, 1.165) is 31.2 Å². The number of nitrogens with zero attached hydrogens (tertiary/aromatic N) is 4. The number of hydrogen-bond donors (Lipinski definition) is 1. The topological polar surface area (TPSA) is 101 Å². The van der Waals surface area contributed by atoms with Gasteiger partial charge >= 0.3 is 0 Å². The van der Waals surface area contributed by atoms with Crippen molar-refractivity contribution in [1.82, 2.24) is 14.8 Å². The van der Waals surface area contributed by atoms with Gasteiger partial charge in [-0.3, -0.25) is 4.72 Å². The number of aryl methyl sites for hydroxylation is 1. The van der Waals surface area contributed by atoms with Gasteiger partial charge in [0.25, 0.3) is 10.0 Å². The molecule has 1 aliphatic rings. The number of anilines is 1. The van der Waals surface area contributed by atoms with Crippen LogP contribution in [0.5, 0.6) is 0 Å². The van der Waals surface area contributed by atoms with E-state index >= 15 is 0 Å². The van der Waals surface area contributed by atoms with Crippen molar-refractivity contribution in [3.8, 4) is 17.5 Å². The molecule has 154 valence electrons. The van der Waals surface area contributed by atoms with E-state index in [1.165, 1.54) is 24.3 Å². The van der Waals surface area contributed by atoms with E-state index in [4.69, 9.17) is 5.26 Å². The van der Waals surface area contributed by atoms with Crippen molar-refractivity contribution in [3.63, 3.8) is 0 Å². The molecule has 1 aromatic heterocycles. The van der Waals surface area contributed by atoms with Crippen LogP contribution in [0.25, 0.3) is 11.4 Å². The minimum Gasteiger partial charge on any atom is -0.311 e. The minimum absolute atomic E-state index is 0.0328. The predicted octanol–water partition coefficient (Wildman–Crippen LogP) is 3.62. The molecular formula is C20H17F2N5O2S. The molecule has 1 N–H and O–H groups in total. The van der Waals surface area contributed by atoms with Crippen LogP contribution in [0.3, 0.4) is 0 Å². The first-order chi connectivity index (χ1) is 14.4. The first kappa shape index (κ1) is 20.0. The molecular weight excluding hydrogens is 412 g/mol. The molecule has 0 aliphatic carbocycles. The lowest BCUT2D eigenvalue weighted by atomic mass is 10.1. The summed E-state index contributed by atoms with van der Waals surface area (Å²) in [5.74, 6) is -0.938. The largest absolute Gasteiger partial charge is 0.311 e. The molecule has 0 amide bonds. The minimum atomic E-state index is -4.15. The van der Waals surface area contributed by atoms with Gasteiger partial charge in [0.15, 0.2) is 5.82 Å². The summed E-state index contributed by atoms with van der Waals surface area (Å²) in [5.41, 5.74) is -0.145. The number of rotatable bonds is 4. The summed E-state index contributed by atoms with van der Waals surface area (Å²) < 4.78 is 58.2. The van der Waals surface area contributed by atoms with Crippen LogP contribution in [0.4, 0.5) is 14.5 Å². The number of hydrogen-bond acceptors (Lipinski definition) is 5. The summed E-state index contributed by atoms with van der Waals surface area (Å²) >= 11 is 0. The van der Waals surface area contributed by atoms with E-state index < -0.39 is 27.3 Å². The molecule has 0 saturated heterocycles. The van der Waals surface area contributed by atoms with Gasteiger partial charge in [0.05, 0.1) is 27.8 Å². The monoisotopic (exact) mass is 429 g/mol. The first-order valence-corrected chi connectivity index (χ1v) is 10.8. The molecule has 4 rings (SSSR count). The Morgan fingerprint density at radius 3 is 2.53 bits per heavy atom. The summed E-state index contributed by atoms with van der Waals surface area (Å²) in [6.45, 7) is 0.612. The van der Waals surface area contributed by atoms with Crippen molar-refractivity contribution >= 4 is 15.7 Å². The van der Waals surface area contributed by atoms with Crippen molar-refractivity contribution < 1.29 is 17.2 Å². The van der Waals surface area contributed by atoms with Gasteiger partial charge in [-0.1, -0.05) is 6.42 Å². The Kier molecular flexibility index (Phi) is 5.22. The number of benzene rings is 2. The third-order valence-corrected chi connectivity index (χ3v) is 6.33. The molecule has 0 fully saturated rings. The molecule has 0 unspecified atom stereocenters. The average Bonchev–Trinajstić information content (AvgIpc) is 2.97. The van der Waals surface area contributed by atoms with E-state index in [2.05, 4.69) is 14.9 Å². The highest BCUT2D eigenvalue weighted by molar-refractivity contribution is 7.92. The molecule has 2 aromatic carbocycles. The standard InChI is InChI=1S/C20H17F2N5O2S/c21-16-11-17(22)18(26-30(28,29)14-7-5-13(12-23)6-8-14)10-15(16)20-25-24-19-4-2-1-3-9-27(19)20/h5-8,10-11,26H,1-4,9H2. The fraction of sp³-hybridized carbons (Fsp3) is 0.250. The molecule has 0 saturated carbocycles. The van der Waals surface area contributed by atoms with Crippen LogP contribution in [0.1, 0.15) is 30.7 Å². The van der Waals surface area contributed by atoms with Gasteiger partial charge in [-0.05, 0) is 43.2 Å². The van der Waals surface area contributed by atoms with Gasteiger partial charge < -0.3 is 4.57 Å². The maximum Gasteiger partial charge on any atom is 0.261 e. The van der Waals surface area contributed by atoms with E-state index in [-0.39, 0.29) is 21.8 Å². The lowest BCUT2D eigenvalue weighted by Gasteiger charge is -2.12. The highest BCUT2D eigenvalue weighted by atomic mass is 32.2. The molecule has 2 heterocycles. The molecule has 0 radical (unpaired) electrons. The Hall–Kier alpha value is -3.32. The summed E-state index contributed by atoms with van der Waals surface area (Å²) in [6, 6.07) is 8.77. The van der Waals surface area contributed by atoms with Gasteiger partial charge in [0.2, 0.25) is 0 Å². The van der Waals surface area contributed by atoms with Crippen molar-refractivity contribution in [1.29, 1.82) is 5.26 Å². The van der Waals surface area contributed by atoms with Gasteiger partial charge in [-0.15, -0.1) is 10.2 Å². The lowest BCUT2D eigenvalue weighted by molar-refractivity contribution is 0.581. The van der Waals surface area contributed by atoms with Gasteiger partial charge in [-0.25, -0.2) is 17.2 Å². The van der Waals surface area contributed by atoms with Gasteiger partial charge in [-0.2, -0.15) is 5.26 Å². The summed E-state index contributed by atoms with van der Waals surface area (Å²) in [6.07, 6.45) is 3.58. The van der Waals surface area contributed by atoms with E-state index in [0.29, 0.717) is 19.0 Å². The van der Waals surface area contributed by atoms with Crippen LogP contribution in [0.15, 0.2) is 41.3 Å². The smallest absolute Gasteiger partial charge is 0.261 e. The van der Waals surface area contributed by atoms with Crippen LogP contribution in [0.2, 0.25) is 0 Å². The Balaban J connectivity index is 1.72. The Bertz CT molecular complexity index is 1250. The zero-order valence-electron chi connectivity index (χ0n) is 15.8. The molecule has 0 bridgehead atoms. The zero-order chi connectivity index (χ0) is 21.3. The average molecular weight is 429 g/mol. The van der Waals surface area contributed by atoms with E-state index in [9.17, 15) is 17.2 Å². The van der Waals surface area contributed by atoms with Crippen molar-refractivity contribution in [2.24, 2.45) is 0 Å². The highest BCUT2D eigenvalue weighted by Gasteiger charge is 2.23. The number of fused-ring (bicyclic) bond motifs is 1. The van der Waals surface area contributed by atoms with Crippen LogP contribution in [-0.2, 0) is 23.0 Å². The lowest BCUT2D eigenvalue weighted by Crippen LogP contribution is -2.14. The Labute approximate surface area is 172 Å². The number of aromatic nitrogens is 3. The van der Waals surface area contributed by atoms with Crippen LogP contribution in [-0.4, -0.2) is 23.2 Å². The van der Waals surface area contributed by atoms with Crippen LogP contribution in [0, 0.1) is 23.0 Å². The third-order valence-electron chi connectivity index (χ3n) is 4.95. The second-order valence-electron chi connectivity index (χ2n) is 6.96. The van der Waals surface area contributed by atoms with E-state index in [1.807, 2.05) is 6.07 Å². The van der Waals surface area contributed by atoms with Gasteiger partial charge in [0.1, 0.15) is 17.5 Å². The molecule has 0 atom stereocenters. The summed E-state index contributed by atoms with van der Waals surface area (Å²) in [7, 11) is -4.15. The number of halogens is 2. The Morgan fingerprint density at radius 2 is 1.80 bits per heavy atom. The van der Waals surface area contributed by atoms with Crippen molar-refractivity contribution in [2.75, 3.05) is 4.72 Å². The molecule has 7 nitrogen and oxygen atoms in total. The van der Waals surface area contributed by atoms with Crippen molar-refractivity contribution in [2.45, 2.75) is 37.1 Å². The molecule has 0 spiro atoms. The van der Waals surface area contributed by atoms with Gasteiger partial charge in [0, 0.05) is 19.0 Å². The first-order valence-electron chi connectivity index (χ1n) is 9.33. The summed E-state index contributed by atoms with van der Waals surface area (Å²) in [5, 5.41) is 17.0. The quantitative estimate of drug-likeness (QED) is 0.683. The van der Waals surface area contributed by atoms with Crippen LogP contribution < -0.4 is 4.72 Å². The molecule has 3 aromatic rings. The zero-order valence-corrected chi connectivity index (χ0v) is 16.6. The predicted molar refractivity (Wildman–Crippen MR) is 105 cm³/mol. The SMILES string of the molecule is N#Cc1ccc(S(=O)(=O)Nc2cc(-c3nnc4n3CCCCC4)c(F)cc2F)cc1. The maximum atomic E-state index is 14.6. The van der Waals surface area contributed by atoms with Crippen molar-refractivity contribution in [3.05, 3.63) is 59.4 Å². The molecule has 30 heavy (non-hydrogen) atoms. The normalized spacial score (nSPS) is 13.9. The summed E-state index contributed by atoms with van der Waals surface area (Å²) in [4.78, 5) is -0.150. The highest BCUT2D eigenvalue weighted by Crippen LogP contribution is 2.30. The second kappa shape index (κ2) is 7.84.